The summed E-state index contributed by atoms with van der Waals surface area (Å²) in [5.74, 6) is 0.482. The maximum absolute atomic E-state index is 12.8. The van der Waals surface area contributed by atoms with Gasteiger partial charge in [-0.3, -0.25) is 0 Å². The molecule has 20 heavy (non-hydrogen) atoms. The molecule has 0 spiro atoms. The minimum Gasteiger partial charge on any atom is -0.373 e. The van der Waals surface area contributed by atoms with Crippen LogP contribution in [0.5, 0.6) is 0 Å². The number of anilines is 2. The van der Waals surface area contributed by atoms with Gasteiger partial charge in [0.1, 0.15) is 11.6 Å². The number of alkyl halides is 3. The maximum Gasteiger partial charge on any atom is 0.416 e. The van der Waals surface area contributed by atoms with Gasteiger partial charge in [0.15, 0.2) is 0 Å². The second kappa shape index (κ2) is 5.87. The Kier molecular flexibility index (Phi) is 4.37. The first kappa shape index (κ1) is 14.9. The highest BCUT2D eigenvalue weighted by Gasteiger charge is 2.32. The van der Waals surface area contributed by atoms with E-state index < -0.39 is 11.7 Å². The molecule has 7 heteroatoms. The lowest BCUT2D eigenvalue weighted by atomic mass is 10.1. The summed E-state index contributed by atoms with van der Waals surface area (Å²) in [7, 11) is 3.56. The zero-order valence-corrected chi connectivity index (χ0v) is 11.6. The van der Waals surface area contributed by atoms with E-state index in [4.69, 9.17) is 0 Å². The van der Waals surface area contributed by atoms with Crippen LogP contribution < -0.4 is 10.6 Å². The second-order valence-corrected chi connectivity index (χ2v) is 5.12. The Morgan fingerprint density at radius 1 is 1.30 bits per heavy atom. The van der Waals surface area contributed by atoms with Crippen molar-refractivity contribution >= 4 is 11.6 Å². The van der Waals surface area contributed by atoms with Gasteiger partial charge in [-0.1, -0.05) is 0 Å². The largest absolute Gasteiger partial charge is 0.416 e. The molecule has 1 aliphatic heterocycles. The van der Waals surface area contributed by atoms with Gasteiger partial charge < -0.3 is 15.5 Å². The van der Waals surface area contributed by atoms with Crippen LogP contribution in [0.3, 0.4) is 0 Å². The number of piperidine rings is 1. The zero-order chi connectivity index (χ0) is 14.8. The molecule has 1 unspecified atom stereocenters. The summed E-state index contributed by atoms with van der Waals surface area (Å²) < 4.78 is 38.5. The average Bonchev–Trinajstić information content (AvgIpc) is 2.37. The molecule has 1 saturated heterocycles. The predicted octanol–water partition coefficient (Wildman–Crippen LogP) is 2.65. The molecule has 1 atom stereocenters. The molecule has 2 rings (SSSR count). The second-order valence-electron chi connectivity index (χ2n) is 5.12. The topological polar surface area (TPSA) is 40.2 Å². The van der Waals surface area contributed by atoms with E-state index in [1.165, 1.54) is 0 Å². The summed E-state index contributed by atoms with van der Waals surface area (Å²) in [6.07, 6.45) is -2.39. The average molecular weight is 288 g/mol. The maximum atomic E-state index is 12.8. The number of likely N-dealkylation sites (N-methyl/N-ethyl adjacent to an activating group) is 1. The first-order valence-corrected chi connectivity index (χ1v) is 6.60. The van der Waals surface area contributed by atoms with Crippen LogP contribution in [0.15, 0.2) is 12.1 Å². The first-order chi connectivity index (χ1) is 9.38. The summed E-state index contributed by atoms with van der Waals surface area (Å²) in [5, 5.41) is 5.77. The van der Waals surface area contributed by atoms with E-state index >= 15 is 0 Å². The minimum absolute atomic E-state index is 0.134. The molecule has 0 radical (unpaired) electrons. The molecule has 1 aliphatic rings. The predicted molar refractivity (Wildman–Crippen MR) is 72.9 cm³/mol. The van der Waals surface area contributed by atoms with Crippen molar-refractivity contribution in [3.05, 3.63) is 17.7 Å². The molecule has 0 amide bonds. The van der Waals surface area contributed by atoms with Gasteiger partial charge in [-0.25, -0.2) is 4.98 Å². The third-order valence-electron chi connectivity index (χ3n) is 3.39. The van der Waals surface area contributed by atoms with Crippen molar-refractivity contribution in [2.45, 2.75) is 25.1 Å². The number of aromatic nitrogens is 1. The quantitative estimate of drug-likeness (QED) is 0.897. The summed E-state index contributed by atoms with van der Waals surface area (Å²) >= 11 is 0. The van der Waals surface area contributed by atoms with Gasteiger partial charge in [-0.15, -0.1) is 0 Å². The van der Waals surface area contributed by atoms with E-state index in [0.717, 1.165) is 38.1 Å². The van der Waals surface area contributed by atoms with Crippen molar-refractivity contribution in [3.8, 4) is 0 Å². The van der Waals surface area contributed by atoms with Gasteiger partial charge in [-0.05, 0) is 38.6 Å². The number of rotatable bonds is 3. The molecule has 0 aromatic carbocycles. The first-order valence-electron chi connectivity index (χ1n) is 6.60. The lowest BCUT2D eigenvalue weighted by Crippen LogP contribution is -2.39. The molecule has 1 fully saturated rings. The molecule has 2 N–H and O–H groups in total. The van der Waals surface area contributed by atoms with Crippen molar-refractivity contribution in [1.29, 1.82) is 0 Å². The van der Waals surface area contributed by atoms with Gasteiger partial charge in [0.2, 0.25) is 0 Å². The van der Waals surface area contributed by atoms with Crippen molar-refractivity contribution in [2.24, 2.45) is 0 Å². The molecule has 0 aliphatic carbocycles. The number of likely N-dealkylation sites (tertiary alicyclic amines) is 1. The lowest BCUT2D eigenvalue weighted by Gasteiger charge is -2.30. The summed E-state index contributed by atoms with van der Waals surface area (Å²) in [6, 6.07) is 2.21. The summed E-state index contributed by atoms with van der Waals surface area (Å²) in [5.41, 5.74) is -0.691. The number of hydrogen-bond acceptors (Lipinski definition) is 4. The molecule has 112 valence electrons. The lowest BCUT2D eigenvalue weighted by molar-refractivity contribution is -0.137. The van der Waals surface area contributed by atoms with Crippen LogP contribution in [0.4, 0.5) is 24.8 Å². The molecule has 1 aromatic heterocycles. The van der Waals surface area contributed by atoms with Gasteiger partial charge in [0, 0.05) is 19.6 Å². The molecular weight excluding hydrogens is 269 g/mol. The fourth-order valence-corrected chi connectivity index (χ4v) is 2.39. The van der Waals surface area contributed by atoms with E-state index in [1.54, 1.807) is 7.05 Å². The van der Waals surface area contributed by atoms with Crippen LogP contribution >= 0.6 is 0 Å². The van der Waals surface area contributed by atoms with Crippen molar-refractivity contribution in [2.75, 3.05) is 37.8 Å². The highest BCUT2D eigenvalue weighted by atomic mass is 19.4. The number of nitrogens with one attached hydrogen (secondary N) is 2. The molecular formula is C13H19F3N4. The van der Waals surface area contributed by atoms with Gasteiger partial charge in [0.25, 0.3) is 0 Å². The normalized spacial score (nSPS) is 20.8. The SMILES string of the molecule is CNc1cc(C(F)(F)F)cc(NC2CCCN(C)C2)n1. The van der Waals surface area contributed by atoms with Crippen LogP contribution in [-0.4, -0.2) is 43.1 Å². The minimum atomic E-state index is -4.37. The number of hydrogen-bond donors (Lipinski definition) is 2. The number of halogens is 3. The number of pyridine rings is 1. The van der Waals surface area contributed by atoms with Crippen LogP contribution in [0.2, 0.25) is 0 Å². The Bertz CT molecular complexity index is 461. The third kappa shape index (κ3) is 3.75. The van der Waals surface area contributed by atoms with E-state index in [2.05, 4.69) is 20.5 Å². The van der Waals surface area contributed by atoms with E-state index in [0.29, 0.717) is 0 Å². The van der Waals surface area contributed by atoms with E-state index in [-0.39, 0.29) is 17.7 Å². The van der Waals surface area contributed by atoms with Crippen molar-refractivity contribution in [1.82, 2.24) is 9.88 Å². The van der Waals surface area contributed by atoms with Crippen molar-refractivity contribution in [3.63, 3.8) is 0 Å². The molecule has 1 aromatic rings. The number of nitrogens with zero attached hydrogens (tertiary/aromatic N) is 2. The molecule has 4 nitrogen and oxygen atoms in total. The Labute approximate surface area is 116 Å². The smallest absolute Gasteiger partial charge is 0.373 e. The standard InChI is InChI=1S/C13H19F3N4/c1-17-11-6-9(13(14,15)16)7-12(19-11)18-10-4-3-5-20(2)8-10/h6-7,10H,3-5,8H2,1-2H3,(H2,17,18,19). The zero-order valence-electron chi connectivity index (χ0n) is 11.6. The Morgan fingerprint density at radius 2 is 2.00 bits per heavy atom. The summed E-state index contributed by atoms with van der Waals surface area (Å²) in [6.45, 7) is 1.84. The van der Waals surface area contributed by atoms with Crippen LogP contribution in [0.1, 0.15) is 18.4 Å². The van der Waals surface area contributed by atoms with Gasteiger partial charge in [-0.2, -0.15) is 13.2 Å². The Balaban J connectivity index is 2.18. The van der Waals surface area contributed by atoms with E-state index in [1.807, 2.05) is 7.05 Å². The van der Waals surface area contributed by atoms with Gasteiger partial charge in [0.05, 0.1) is 5.56 Å². The fourth-order valence-electron chi connectivity index (χ4n) is 2.39. The Hall–Kier alpha value is -1.50. The van der Waals surface area contributed by atoms with Crippen LogP contribution in [0, 0.1) is 0 Å². The highest BCUT2D eigenvalue weighted by Crippen LogP contribution is 2.32. The van der Waals surface area contributed by atoms with Crippen LogP contribution in [0.25, 0.3) is 0 Å². The molecule has 2 heterocycles. The molecule has 0 saturated carbocycles. The summed E-state index contributed by atoms with van der Waals surface area (Å²) in [4.78, 5) is 6.30. The van der Waals surface area contributed by atoms with Crippen LogP contribution in [-0.2, 0) is 6.18 Å². The Morgan fingerprint density at radius 3 is 2.60 bits per heavy atom. The molecule has 0 bridgehead atoms. The van der Waals surface area contributed by atoms with Gasteiger partial charge >= 0.3 is 6.18 Å². The third-order valence-corrected chi connectivity index (χ3v) is 3.39. The highest BCUT2D eigenvalue weighted by molar-refractivity contribution is 5.50. The monoisotopic (exact) mass is 288 g/mol. The van der Waals surface area contributed by atoms with Crippen molar-refractivity contribution < 1.29 is 13.2 Å². The fraction of sp³-hybridized carbons (Fsp3) is 0.615. The van der Waals surface area contributed by atoms with E-state index in [9.17, 15) is 13.2 Å².